The van der Waals surface area contributed by atoms with Crippen LogP contribution in [0, 0.1) is 0 Å². The van der Waals surface area contributed by atoms with Crippen molar-refractivity contribution in [3.63, 3.8) is 0 Å². The third-order valence-electron chi connectivity index (χ3n) is 2.30. The third-order valence-corrected chi connectivity index (χ3v) is 2.30. The van der Waals surface area contributed by atoms with Crippen molar-refractivity contribution in [2.45, 2.75) is 0 Å². The molecule has 0 aliphatic carbocycles. The number of hydrazine groups is 1. The SMILES string of the molecule is NNC(=O)c1ccnc(-c2cccc(O)c2)c1. The van der Waals surface area contributed by atoms with Crippen LogP contribution in [0.15, 0.2) is 42.6 Å². The van der Waals surface area contributed by atoms with Crippen LogP contribution in [-0.4, -0.2) is 16.0 Å². The molecule has 5 nitrogen and oxygen atoms in total. The molecule has 1 aromatic carbocycles. The maximum Gasteiger partial charge on any atom is 0.265 e. The van der Waals surface area contributed by atoms with E-state index in [1.165, 1.54) is 6.20 Å². The van der Waals surface area contributed by atoms with Gasteiger partial charge >= 0.3 is 0 Å². The molecule has 0 unspecified atom stereocenters. The number of benzene rings is 1. The van der Waals surface area contributed by atoms with E-state index in [-0.39, 0.29) is 11.7 Å². The molecule has 0 aliphatic rings. The number of phenolic OH excluding ortho intramolecular Hbond substituents is 1. The maximum absolute atomic E-state index is 11.4. The highest BCUT2D eigenvalue weighted by atomic mass is 16.3. The standard InChI is InChI=1S/C12H11N3O2/c13-15-12(17)9-4-5-14-11(7-9)8-2-1-3-10(16)6-8/h1-7,16H,13H2,(H,15,17). The van der Waals surface area contributed by atoms with Gasteiger partial charge in [-0.15, -0.1) is 0 Å². The number of phenols is 1. The fraction of sp³-hybridized carbons (Fsp3) is 0. The molecule has 0 atom stereocenters. The summed E-state index contributed by atoms with van der Waals surface area (Å²) in [6, 6.07) is 9.83. The lowest BCUT2D eigenvalue weighted by atomic mass is 10.1. The maximum atomic E-state index is 11.4. The molecule has 2 aromatic rings. The summed E-state index contributed by atoms with van der Waals surface area (Å²) in [6.45, 7) is 0. The second kappa shape index (κ2) is 4.63. The van der Waals surface area contributed by atoms with Gasteiger partial charge in [-0.05, 0) is 24.3 Å². The lowest BCUT2D eigenvalue weighted by Gasteiger charge is -2.04. The molecule has 0 aliphatic heterocycles. The molecule has 1 heterocycles. The van der Waals surface area contributed by atoms with Crippen LogP contribution in [0.1, 0.15) is 10.4 Å². The Balaban J connectivity index is 2.43. The summed E-state index contributed by atoms with van der Waals surface area (Å²) in [7, 11) is 0. The Bertz CT molecular complexity index is 555. The minimum atomic E-state index is -0.381. The fourth-order valence-corrected chi connectivity index (χ4v) is 1.48. The normalized spacial score (nSPS) is 9.94. The Morgan fingerprint density at radius 3 is 2.82 bits per heavy atom. The minimum Gasteiger partial charge on any atom is -0.508 e. The van der Waals surface area contributed by atoms with Gasteiger partial charge in [-0.2, -0.15) is 0 Å². The third kappa shape index (κ3) is 2.40. The van der Waals surface area contributed by atoms with E-state index < -0.39 is 0 Å². The summed E-state index contributed by atoms with van der Waals surface area (Å²) in [4.78, 5) is 15.5. The number of hydrogen-bond acceptors (Lipinski definition) is 4. The molecule has 5 heteroatoms. The summed E-state index contributed by atoms with van der Waals surface area (Å²) >= 11 is 0. The molecule has 0 bridgehead atoms. The lowest BCUT2D eigenvalue weighted by Crippen LogP contribution is -2.29. The van der Waals surface area contributed by atoms with Crippen molar-refractivity contribution < 1.29 is 9.90 Å². The zero-order valence-electron chi connectivity index (χ0n) is 8.92. The van der Waals surface area contributed by atoms with Gasteiger partial charge in [-0.25, -0.2) is 5.84 Å². The average Bonchev–Trinajstić information content (AvgIpc) is 2.38. The molecule has 0 radical (unpaired) electrons. The van der Waals surface area contributed by atoms with Gasteiger partial charge in [0.2, 0.25) is 0 Å². The molecule has 2 rings (SSSR count). The molecular weight excluding hydrogens is 218 g/mol. The number of carbonyl (C=O) groups is 1. The Morgan fingerprint density at radius 2 is 2.12 bits per heavy atom. The number of nitrogens with two attached hydrogens (primary N) is 1. The predicted molar refractivity (Wildman–Crippen MR) is 63.0 cm³/mol. The largest absolute Gasteiger partial charge is 0.508 e. The number of nitrogens with zero attached hydrogens (tertiary/aromatic N) is 1. The van der Waals surface area contributed by atoms with Gasteiger partial charge in [-0.3, -0.25) is 15.2 Å². The second-order valence-electron chi connectivity index (χ2n) is 3.45. The highest BCUT2D eigenvalue weighted by Gasteiger charge is 2.06. The first-order valence-electron chi connectivity index (χ1n) is 4.97. The Morgan fingerprint density at radius 1 is 1.29 bits per heavy atom. The average molecular weight is 229 g/mol. The van der Waals surface area contributed by atoms with E-state index in [0.717, 1.165) is 5.56 Å². The van der Waals surface area contributed by atoms with Gasteiger partial charge in [0.05, 0.1) is 5.69 Å². The number of rotatable bonds is 2. The summed E-state index contributed by atoms with van der Waals surface area (Å²) in [5.41, 5.74) is 3.80. The van der Waals surface area contributed by atoms with Crippen molar-refractivity contribution in [2.24, 2.45) is 5.84 Å². The highest BCUT2D eigenvalue weighted by Crippen LogP contribution is 2.21. The van der Waals surface area contributed by atoms with Crippen LogP contribution in [0.2, 0.25) is 0 Å². The molecule has 4 N–H and O–H groups in total. The zero-order valence-corrected chi connectivity index (χ0v) is 8.92. The van der Waals surface area contributed by atoms with Gasteiger partial charge in [0.15, 0.2) is 0 Å². The van der Waals surface area contributed by atoms with Crippen LogP contribution in [0.4, 0.5) is 0 Å². The first kappa shape index (κ1) is 11.1. The van der Waals surface area contributed by atoms with E-state index >= 15 is 0 Å². The Kier molecular flexibility index (Phi) is 3.02. The Labute approximate surface area is 97.9 Å². The van der Waals surface area contributed by atoms with Gasteiger partial charge in [-0.1, -0.05) is 12.1 Å². The summed E-state index contributed by atoms with van der Waals surface area (Å²) < 4.78 is 0. The van der Waals surface area contributed by atoms with Crippen LogP contribution in [-0.2, 0) is 0 Å². The lowest BCUT2D eigenvalue weighted by molar-refractivity contribution is 0.0953. The second-order valence-corrected chi connectivity index (χ2v) is 3.45. The van der Waals surface area contributed by atoms with Crippen molar-refractivity contribution in [1.29, 1.82) is 0 Å². The molecule has 0 fully saturated rings. The summed E-state index contributed by atoms with van der Waals surface area (Å²) in [5, 5.41) is 9.37. The molecule has 0 saturated carbocycles. The van der Waals surface area contributed by atoms with Gasteiger partial charge < -0.3 is 5.11 Å². The van der Waals surface area contributed by atoms with E-state index in [4.69, 9.17) is 5.84 Å². The predicted octanol–water partition coefficient (Wildman–Crippen LogP) is 1.06. The van der Waals surface area contributed by atoms with E-state index in [1.807, 2.05) is 0 Å². The van der Waals surface area contributed by atoms with Crippen LogP contribution in [0.25, 0.3) is 11.3 Å². The van der Waals surface area contributed by atoms with Crippen molar-refractivity contribution in [1.82, 2.24) is 10.4 Å². The summed E-state index contributed by atoms with van der Waals surface area (Å²) in [6.07, 6.45) is 1.52. The molecule has 17 heavy (non-hydrogen) atoms. The molecule has 0 saturated heterocycles. The van der Waals surface area contributed by atoms with Crippen LogP contribution < -0.4 is 11.3 Å². The van der Waals surface area contributed by atoms with Crippen molar-refractivity contribution in [3.05, 3.63) is 48.2 Å². The number of nitrogens with one attached hydrogen (secondary N) is 1. The highest BCUT2D eigenvalue weighted by molar-refractivity contribution is 5.94. The Hall–Kier alpha value is -2.40. The van der Waals surface area contributed by atoms with Crippen molar-refractivity contribution in [2.75, 3.05) is 0 Å². The van der Waals surface area contributed by atoms with E-state index in [2.05, 4.69) is 10.4 Å². The van der Waals surface area contributed by atoms with E-state index in [9.17, 15) is 9.90 Å². The zero-order chi connectivity index (χ0) is 12.3. The first-order valence-corrected chi connectivity index (χ1v) is 4.97. The molecule has 1 aromatic heterocycles. The quantitative estimate of drug-likeness (QED) is 0.408. The van der Waals surface area contributed by atoms with Crippen LogP contribution in [0.5, 0.6) is 5.75 Å². The molecule has 86 valence electrons. The minimum absolute atomic E-state index is 0.151. The van der Waals surface area contributed by atoms with Crippen molar-refractivity contribution in [3.8, 4) is 17.0 Å². The van der Waals surface area contributed by atoms with E-state index in [1.54, 1.807) is 36.4 Å². The van der Waals surface area contributed by atoms with E-state index in [0.29, 0.717) is 11.3 Å². The van der Waals surface area contributed by atoms with Gasteiger partial charge in [0.25, 0.3) is 5.91 Å². The number of carbonyl (C=O) groups excluding carboxylic acids is 1. The summed E-state index contributed by atoms with van der Waals surface area (Å²) in [5.74, 6) is 4.83. The molecule has 1 amide bonds. The van der Waals surface area contributed by atoms with Gasteiger partial charge in [0.1, 0.15) is 5.75 Å². The monoisotopic (exact) mass is 229 g/mol. The van der Waals surface area contributed by atoms with Gasteiger partial charge in [0, 0.05) is 17.3 Å². The number of amides is 1. The molecular formula is C12H11N3O2. The molecule has 0 spiro atoms. The van der Waals surface area contributed by atoms with Crippen LogP contribution in [0.3, 0.4) is 0 Å². The number of aromatic nitrogens is 1. The topological polar surface area (TPSA) is 88.2 Å². The van der Waals surface area contributed by atoms with Crippen LogP contribution >= 0.6 is 0 Å². The fourth-order valence-electron chi connectivity index (χ4n) is 1.48. The number of nitrogen functional groups attached to an aromatic ring is 1. The number of hydrogen-bond donors (Lipinski definition) is 3. The number of aromatic hydroxyl groups is 1. The first-order chi connectivity index (χ1) is 8.20. The smallest absolute Gasteiger partial charge is 0.265 e. The van der Waals surface area contributed by atoms with Crippen molar-refractivity contribution >= 4 is 5.91 Å². The number of pyridine rings is 1.